The van der Waals surface area contributed by atoms with E-state index in [1.54, 1.807) is 0 Å². The fraction of sp³-hybridized carbons (Fsp3) is 0.389. The van der Waals surface area contributed by atoms with Crippen LogP contribution >= 0.6 is 0 Å². The molecule has 4 nitrogen and oxygen atoms in total. The molecule has 1 saturated carbocycles. The van der Waals surface area contributed by atoms with Crippen molar-refractivity contribution in [2.75, 3.05) is 5.32 Å². The lowest BCUT2D eigenvalue weighted by molar-refractivity contribution is 0.205. The minimum absolute atomic E-state index is 0.00583. The maximum atomic E-state index is 12.7. The monoisotopic (exact) mass is 297 g/mol. The van der Waals surface area contributed by atoms with Crippen LogP contribution in [0.4, 0.5) is 10.5 Å². The fourth-order valence-corrected chi connectivity index (χ4v) is 2.83. The molecule has 0 saturated heterocycles. The van der Waals surface area contributed by atoms with Crippen LogP contribution in [0, 0.1) is 13.8 Å². The van der Waals surface area contributed by atoms with Gasteiger partial charge in [-0.25, -0.2) is 4.79 Å². The van der Waals surface area contributed by atoms with E-state index in [1.165, 1.54) is 0 Å². The molecule has 1 aromatic heterocycles. The van der Waals surface area contributed by atoms with Crippen LogP contribution in [0.2, 0.25) is 0 Å². The molecule has 1 aliphatic carbocycles. The Labute approximate surface area is 131 Å². The Balaban J connectivity index is 1.74. The topological polar surface area (TPSA) is 37.3 Å². The summed E-state index contributed by atoms with van der Waals surface area (Å²) < 4.78 is 2.07. The first-order valence-corrected chi connectivity index (χ1v) is 7.79. The number of carbonyl (C=O) groups excluding carboxylic acids is 1. The molecule has 0 aliphatic heterocycles. The van der Waals surface area contributed by atoms with Gasteiger partial charge in [0, 0.05) is 30.7 Å². The summed E-state index contributed by atoms with van der Waals surface area (Å²) in [4.78, 5) is 14.6. The van der Waals surface area contributed by atoms with E-state index < -0.39 is 0 Å². The molecule has 0 spiro atoms. The van der Waals surface area contributed by atoms with Crippen LogP contribution in [-0.4, -0.2) is 21.5 Å². The van der Waals surface area contributed by atoms with Gasteiger partial charge in [0.2, 0.25) is 0 Å². The Bertz CT molecular complexity index is 665. The lowest BCUT2D eigenvalue weighted by Crippen LogP contribution is -2.36. The number of nitrogens with one attached hydrogen (secondary N) is 1. The molecule has 2 amide bonds. The van der Waals surface area contributed by atoms with Crippen LogP contribution in [0.3, 0.4) is 0 Å². The Hall–Kier alpha value is -2.23. The van der Waals surface area contributed by atoms with Gasteiger partial charge in [0.1, 0.15) is 0 Å². The van der Waals surface area contributed by atoms with E-state index in [9.17, 15) is 4.79 Å². The quantitative estimate of drug-likeness (QED) is 0.914. The van der Waals surface area contributed by atoms with Gasteiger partial charge in [-0.2, -0.15) is 0 Å². The molecule has 1 N–H and O–H groups in total. The van der Waals surface area contributed by atoms with Crippen molar-refractivity contribution in [3.8, 4) is 0 Å². The van der Waals surface area contributed by atoms with E-state index in [4.69, 9.17) is 0 Å². The summed E-state index contributed by atoms with van der Waals surface area (Å²) in [7, 11) is 2.02. The molecule has 1 heterocycles. The van der Waals surface area contributed by atoms with Crippen LogP contribution in [0.1, 0.15) is 29.7 Å². The third kappa shape index (κ3) is 3.32. The molecule has 0 bridgehead atoms. The maximum Gasteiger partial charge on any atom is 0.322 e. The number of urea groups is 1. The van der Waals surface area contributed by atoms with Crippen LogP contribution in [-0.2, 0) is 13.6 Å². The summed E-state index contributed by atoms with van der Waals surface area (Å²) in [6.07, 6.45) is 4.22. The number of carbonyl (C=O) groups is 1. The maximum absolute atomic E-state index is 12.7. The highest BCUT2D eigenvalue weighted by atomic mass is 16.2. The normalized spacial score (nSPS) is 14.0. The highest BCUT2D eigenvalue weighted by molar-refractivity contribution is 5.90. The summed E-state index contributed by atoms with van der Waals surface area (Å²) in [5.41, 5.74) is 4.36. The number of aryl methyl sites for hydroxylation is 3. The van der Waals surface area contributed by atoms with Gasteiger partial charge < -0.3 is 14.8 Å². The van der Waals surface area contributed by atoms with Crippen molar-refractivity contribution in [1.82, 2.24) is 9.47 Å². The summed E-state index contributed by atoms with van der Waals surface area (Å²) in [5.74, 6) is 0. The second-order valence-corrected chi connectivity index (χ2v) is 6.28. The Morgan fingerprint density at radius 1 is 1.27 bits per heavy atom. The van der Waals surface area contributed by atoms with E-state index >= 15 is 0 Å². The number of rotatable bonds is 4. The molecule has 1 aliphatic rings. The van der Waals surface area contributed by atoms with Crippen molar-refractivity contribution in [3.63, 3.8) is 0 Å². The third-order valence-corrected chi connectivity index (χ3v) is 4.11. The number of aromatic nitrogens is 1. The minimum Gasteiger partial charge on any atom is -0.353 e. The highest BCUT2D eigenvalue weighted by Crippen LogP contribution is 2.29. The smallest absolute Gasteiger partial charge is 0.322 e. The van der Waals surface area contributed by atoms with Gasteiger partial charge in [-0.05, 0) is 62.1 Å². The van der Waals surface area contributed by atoms with E-state index in [1.807, 2.05) is 50.2 Å². The van der Waals surface area contributed by atoms with Gasteiger partial charge in [-0.1, -0.05) is 6.07 Å². The van der Waals surface area contributed by atoms with E-state index in [-0.39, 0.29) is 6.03 Å². The van der Waals surface area contributed by atoms with Crippen molar-refractivity contribution in [3.05, 3.63) is 53.3 Å². The van der Waals surface area contributed by atoms with Gasteiger partial charge in [-0.3, -0.25) is 0 Å². The van der Waals surface area contributed by atoms with Crippen molar-refractivity contribution in [2.45, 2.75) is 39.3 Å². The highest BCUT2D eigenvalue weighted by Gasteiger charge is 2.33. The molecule has 22 heavy (non-hydrogen) atoms. The number of anilines is 1. The molecule has 1 fully saturated rings. The third-order valence-electron chi connectivity index (χ3n) is 4.11. The molecular weight excluding hydrogens is 274 g/mol. The van der Waals surface area contributed by atoms with E-state index in [2.05, 4.69) is 22.0 Å². The second kappa shape index (κ2) is 5.87. The Morgan fingerprint density at radius 3 is 2.50 bits per heavy atom. The number of amides is 2. The van der Waals surface area contributed by atoms with Crippen LogP contribution in [0.5, 0.6) is 0 Å². The zero-order valence-corrected chi connectivity index (χ0v) is 13.5. The number of benzene rings is 1. The van der Waals surface area contributed by atoms with Crippen molar-refractivity contribution >= 4 is 11.7 Å². The summed E-state index contributed by atoms with van der Waals surface area (Å²) in [6, 6.07) is 10.6. The summed E-state index contributed by atoms with van der Waals surface area (Å²) in [5, 5.41) is 3.05. The largest absolute Gasteiger partial charge is 0.353 e. The van der Waals surface area contributed by atoms with Gasteiger partial charge in [0.25, 0.3) is 0 Å². The van der Waals surface area contributed by atoms with E-state index in [0.717, 1.165) is 35.3 Å². The van der Waals surface area contributed by atoms with Gasteiger partial charge in [0.15, 0.2) is 0 Å². The SMILES string of the molecule is Cc1cc(C)cc(NC(=O)N(Cc2cccn2C)C2CC2)c1. The van der Waals surface area contributed by atoms with Gasteiger partial charge >= 0.3 is 6.03 Å². The Morgan fingerprint density at radius 2 is 1.95 bits per heavy atom. The molecule has 1 aromatic carbocycles. The summed E-state index contributed by atoms with van der Waals surface area (Å²) in [6.45, 7) is 4.75. The van der Waals surface area contributed by atoms with Gasteiger partial charge in [0.05, 0.1) is 6.54 Å². The average Bonchev–Trinajstić information content (AvgIpc) is 3.18. The minimum atomic E-state index is -0.00583. The standard InChI is InChI=1S/C18H23N3O/c1-13-9-14(2)11-15(10-13)19-18(22)21(16-6-7-16)12-17-5-4-8-20(17)3/h4-5,8-11,16H,6-7,12H2,1-3H3,(H,19,22). The Kier molecular flexibility index (Phi) is 3.92. The number of hydrogen-bond acceptors (Lipinski definition) is 1. The zero-order chi connectivity index (χ0) is 15.7. The van der Waals surface area contributed by atoms with Crippen LogP contribution < -0.4 is 5.32 Å². The van der Waals surface area contributed by atoms with Crippen LogP contribution in [0.15, 0.2) is 36.5 Å². The van der Waals surface area contributed by atoms with Crippen molar-refractivity contribution in [2.24, 2.45) is 7.05 Å². The average molecular weight is 297 g/mol. The molecular formula is C18H23N3O. The molecule has 3 rings (SSSR count). The van der Waals surface area contributed by atoms with Crippen LogP contribution in [0.25, 0.3) is 0 Å². The first-order valence-electron chi connectivity index (χ1n) is 7.79. The van der Waals surface area contributed by atoms with Crippen molar-refractivity contribution in [1.29, 1.82) is 0 Å². The second-order valence-electron chi connectivity index (χ2n) is 6.28. The number of hydrogen-bond donors (Lipinski definition) is 1. The molecule has 0 unspecified atom stereocenters. The summed E-state index contributed by atoms with van der Waals surface area (Å²) >= 11 is 0. The lowest BCUT2D eigenvalue weighted by atomic mass is 10.1. The first kappa shape index (κ1) is 14.7. The molecule has 116 valence electrons. The molecule has 2 aromatic rings. The fourth-order valence-electron chi connectivity index (χ4n) is 2.83. The number of nitrogens with zero attached hydrogens (tertiary/aromatic N) is 2. The first-order chi connectivity index (χ1) is 10.5. The predicted octanol–water partition coefficient (Wildman–Crippen LogP) is 3.84. The lowest BCUT2D eigenvalue weighted by Gasteiger charge is -2.23. The molecule has 4 heteroatoms. The predicted molar refractivity (Wildman–Crippen MR) is 88.9 cm³/mol. The molecule has 0 radical (unpaired) electrons. The van der Waals surface area contributed by atoms with Crippen molar-refractivity contribution < 1.29 is 4.79 Å². The molecule has 0 atom stereocenters. The zero-order valence-electron chi connectivity index (χ0n) is 13.5. The van der Waals surface area contributed by atoms with E-state index in [0.29, 0.717) is 12.6 Å². The van der Waals surface area contributed by atoms with Gasteiger partial charge in [-0.15, -0.1) is 0 Å².